The van der Waals surface area contributed by atoms with Crippen LogP contribution in [-0.4, -0.2) is 17.5 Å². The molecule has 22 heavy (non-hydrogen) atoms. The van der Waals surface area contributed by atoms with E-state index in [4.69, 9.17) is 0 Å². The maximum atomic E-state index is 2.51. The van der Waals surface area contributed by atoms with Crippen molar-refractivity contribution in [3.8, 4) is 0 Å². The largest absolute Gasteiger partial charge is 0.371 e. The first kappa shape index (κ1) is 19.3. The second-order valence-electron chi connectivity index (χ2n) is 6.83. The molecule has 1 heterocycles. The third-order valence-corrected chi connectivity index (χ3v) is 4.84. The lowest BCUT2D eigenvalue weighted by atomic mass is 10.0. The Morgan fingerprint density at radius 2 is 1.23 bits per heavy atom. The van der Waals surface area contributed by atoms with Crippen molar-refractivity contribution < 1.29 is 0 Å². The van der Waals surface area contributed by atoms with Crippen LogP contribution >= 0.6 is 0 Å². The molecule has 0 aliphatic carbocycles. The Bertz CT molecular complexity index is 292. The van der Waals surface area contributed by atoms with Gasteiger partial charge in [0.2, 0.25) is 0 Å². The summed E-state index contributed by atoms with van der Waals surface area (Å²) in [6.07, 6.45) is 27.4. The van der Waals surface area contributed by atoms with Gasteiger partial charge < -0.3 is 4.90 Å². The molecule has 1 unspecified atom stereocenters. The Kier molecular flexibility index (Phi) is 12.2. The highest BCUT2D eigenvalue weighted by Crippen LogP contribution is 2.15. The molecule has 0 bridgehead atoms. The smallest absolute Gasteiger partial charge is 0.0467 e. The van der Waals surface area contributed by atoms with E-state index in [1.54, 1.807) is 0 Å². The van der Waals surface area contributed by atoms with Crippen LogP contribution < -0.4 is 0 Å². The fraction of sp³-hybridized carbons (Fsp3) is 0.810. The Labute approximate surface area is 139 Å². The summed E-state index contributed by atoms with van der Waals surface area (Å²) in [6, 6.07) is 0.637. The summed E-state index contributed by atoms with van der Waals surface area (Å²) in [4.78, 5) is 2.51. The van der Waals surface area contributed by atoms with Crippen molar-refractivity contribution in [3.63, 3.8) is 0 Å². The van der Waals surface area contributed by atoms with Crippen LogP contribution in [-0.2, 0) is 0 Å². The number of hydrogen-bond donors (Lipinski definition) is 0. The van der Waals surface area contributed by atoms with Crippen molar-refractivity contribution in [1.82, 2.24) is 4.90 Å². The van der Waals surface area contributed by atoms with Gasteiger partial charge in [-0.3, -0.25) is 0 Å². The molecule has 0 saturated carbocycles. The van der Waals surface area contributed by atoms with Crippen LogP contribution in [0.25, 0.3) is 0 Å². The summed E-state index contributed by atoms with van der Waals surface area (Å²) >= 11 is 0. The third-order valence-electron chi connectivity index (χ3n) is 4.84. The van der Waals surface area contributed by atoms with Gasteiger partial charge in [-0.15, -0.1) is 0 Å². The molecule has 0 aromatic rings. The van der Waals surface area contributed by atoms with Gasteiger partial charge in [0.25, 0.3) is 0 Å². The van der Waals surface area contributed by atoms with Crippen LogP contribution in [0.1, 0.15) is 97.3 Å². The molecule has 0 fully saturated rings. The van der Waals surface area contributed by atoms with Crippen molar-refractivity contribution >= 4 is 0 Å². The molecular weight excluding hydrogens is 266 g/mol. The van der Waals surface area contributed by atoms with Gasteiger partial charge in [-0.1, -0.05) is 96.6 Å². The number of hydrogen-bond acceptors (Lipinski definition) is 1. The minimum absolute atomic E-state index is 0.637. The van der Waals surface area contributed by atoms with Gasteiger partial charge in [0.15, 0.2) is 0 Å². The molecule has 0 spiro atoms. The zero-order valence-corrected chi connectivity index (χ0v) is 15.2. The predicted octanol–water partition coefficient (Wildman–Crippen LogP) is 6.85. The van der Waals surface area contributed by atoms with Gasteiger partial charge in [0.05, 0.1) is 0 Å². The zero-order valence-electron chi connectivity index (χ0n) is 15.2. The van der Waals surface area contributed by atoms with E-state index in [2.05, 4.69) is 43.2 Å². The topological polar surface area (TPSA) is 3.24 Å². The number of rotatable bonds is 14. The molecule has 0 aromatic carbocycles. The normalized spacial score (nSPS) is 17.4. The molecule has 1 nitrogen and oxygen atoms in total. The molecule has 0 saturated heterocycles. The summed E-state index contributed by atoms with van der Waals surface area (Å²) in [5.41, 5.74) is 0. The van der Waals surface area contributed by atoms with Crippen molar-refractivity contribution in [1.29, 1.82) is 0 Å². The maximum absolute atomic E-state index is 2.51. The standard InChI is InChI=1S/C21H39N/c1-3-5-6-7-8-9-10-11-12-13-14-16-19-22-20-17-15-18-21(22)4-2/h15,17-18,20-21H,3-14,16,19H2,1-2H3. The summed E-state index contributed by atoms with van der Waals surface area (Å²) in [5, 5.41) is 0. The third kappa shape index (κ3) is 9.33. The van der Waals surface area contributed by atoms with E-state index in [0.717, 1.165) is 0 Å². The molecule has 1 aliphatic rings. The van der Waals surface area contributed by atoms with Gasteiger partial charge in [0.1, 0.15) is 0 Å². The van der Waals surface area contributed by atoms with Crippen LogP contribution in [0.15, 0.2) is 24.4 Å². The van der Waals surface area contributed by atoms with Gasteiger partial charge in [-0.05, 0) is 25.1 Å². The van der Waals surface area contributed by atoms with E-state index in [1.165, 1.54) is 90.0 Å². The zero-order chi connectivity index (χ0) is 15.9. The Balaban J connectivity index is 1.84. The van der Waals surface area contributed by atoms with Crippen molar-refractivity contribution in [2.24, 2.45) is 0 Å². The molecule has 1 aliphatic heterocycles. The van der Waals surface area contributed by atoms with Crippen LogP contribution in [0.4, 0.5) is 0 Å². The van der Waals surface area contributed by atoms with Gasteiger partial charge in [0, 0.05) is 12.6 Å². The first-order valence-corrected chi connectivity index (χ1v) is 9.99. The SMILES string of the molecule is CCCCCCCCCCCCCCN1C=CC=CC1CC. The van der Waals surface area contributed by atoms with E-state index in [1.807, 2.05) is 0 Å². The average Bonchev–Trinajstić information content (AvgIpc) is 2.56. The van der Waals surface area contributed by atoms with E-state index in [0.29, 0.717) is 6.04 Å². The summed E-state index contributed by atoms with van der Waals surface area (Å²) < 4.78 is 0. The Morgan fingerprint density at radius 1 is 0.682 bits per heavy atom. The Hall–Kier alpha value is -0.720. The predicted molar refractivity (Wildman–Crippen MR) is 100 cm³/mol. The average molecular weight is 306 g/mol. The molecule has 0 aromatic heterocycles. The molecule has 0 N–H and O–H groups in total. The molecule has 0 radical (unpaired) electrons. The lowest BCUT2D eigenvalue weighted by Crippen LogP contribution is -2.30. The minimum atomic E-state index is 0.637. The van der Waals surface area contributed by atoms with E-state index < -0.39 is 0 Å². The first-order valence-electron chi connectivity index (χ1n) is 9.99. The van der Waals surface area contributed by atoms with Crippen molar-refractivity contribution in [2.45, 2.75) is 103 Å². The number of allylic oxidation sites excluding steroid dienone is 2. The lowest BCUT2D eigenvalue weighted by molar-refractivity contribution is 0.300. The van der Waals surface area contributed by atoms with Crippen LogP contribution in [0.3, 0.4) is 0 Å². The number of unbranched alkanes of at least 4 members (excludes halogenated alkanes) is 11. The first-order chi connectivity index (χ1) is 10.9. The Morgan fingerprint density at radius 3 is 1.77 bits per heavy atom. The highest BCUT2D eigenvalue weighted by atomic mass is 15.1. The second kappa shape index (κ2) is 13.9. The fourth-order valence-electron chi connectivity index (χ4n) is 3.32. The fourth-order valence-corrected chi connectivity index (χ4v) is 3.32. The molecule has 0 amide bonds. The van der Waals surface area contributed by atoms with Crippen LogP contribution in [0, 0.1) is 0 Å². The summed E-state index contributed by atoms with van der Waals surface area (Å²) in [5.74, 6) is 0. The second-order valence-corrected chi connectivity index (χ2v) is 6.83. The quantitative estimate of drug-likeness (QED) is 0.317. The van der Waals surface area contributed by atoms with E-state index in [9.17, 15) is 0 Å². The van der Waals surface area contributed by atoms with Crippen molar-refractivity contribution in [2.75, 3.05) is 6.54 Å². The molecule has 1 heteroatoms. The number of nitrogens with zero attached hydrogens (tertiary/aromatic N) is 1. The lowest BCUT2D eigenvalue weighted by Gasteiger charge is -2.29. The maximum Gasteiger partial charge on any atom is 0.0467 e. The monoisotopic (exact) mass is 305 g/mol. The molecular formula is C21H39N. The van der Waals surface area contributed by atoms with Crippen molar-refractivity contribution in [3.05, 3.63) is 24.4 Å². The molecule has 1 rings (SSSR count). The van der Waals surface area contributed by atoms with E-state index >= 15 is 0 Å². The van der Waals surface area contributed by atoms with Gasteiger partial charge in [-0.25, -0.2) is 0 Å². The van der Waals surface area contributed by atoms with E-state index in [-0.39, 0.29) is 0 Å². The van der Waals surface area contributed by atoms with Gasteiger partial charge >= 0.3 is 0 Å². The van der Waals surface area contributed by atoms with Crippen LogP contribution in [0.2, 0.25) is 0 Å². The summed E-state index contributed by atoms with van der Waals surface area (Å²) in [7, 11) is 0. The minimum Gasteiger partial charge on any atom is -0.371 e. The van der Waals surface area contributed by atoms with Crippen LogP contribution in [0.5, 0.6) is 0 Å². The molecule has 128 valence electrons. The summed E-state index contributed by atoms with van der Waals surface area (Å²) in [6.45, 7) is 5.81. The molecule has 1 atom stereocenters. The van der Waals surface area contributed by atoms with Gasteiger partial charge in [-0.2, -0.15) is 0 Å². The highest BCUT2D eigenvalue weighted by molar-refractivity contribution is 5.12. The highest BCUT2D eigenvalue weighted by Gasteiger charge is 2.11.